The first-order valence-corrected chi connectivity index (χ1v) is 9.83. The zero-order valence-electron chi connectivity index (χ0n) is 16.3. The van der Waals surface area contributed by atoms with Crippen LogP contribution in [0.25, 0.3) is 0 Å². The van der Waals surface area contributed by atoms with E-state index in [-0.39, 0.29) is 17.6 Å². The third-order valence-corrected chi connectivity index (χ3v) is 6.95. The molecule has 4 rings (SSSR count). The second kappa shape index (κ2) is 7.01. The highest BCUT2D eigenvalue weighted by Gasteiger charge is 2.61. The van der Waals surface area contributed by atoms with Crippen LogP contribution in [0.4, 0.5) is 0 Å². The maximum absolute atomic E-state index is 13.6. The number of rotatable bonds is 2. The van der Waals surface area contributed by atoms with Crippen molar-refractivity contribution in [3.05, 3.63) is 47.2 Å². The van der Waals surface area contributed by atoms with Gasteiger partial charge in [-0.05, 0) is 42.9 Å². The van der Waals surface area contributed by atoms with Crippen molar-refractivity contribution in [1.29, 1.82) is 0 Å². The minimum atomic E-state index is -0.809. The molecule has 0 unspecified atom stereocenters. The van der Waals surface area contributed by atoms with E-state index >= 15 is 0 Å². The molecule has 1 spiro atoms. The highest BCUT2D eigenvalue weighted by molar-refractivity contribution is 6.05. The Balaban J connectivity index is 1.84. The van der Waals surface area contributed by atoms with E-state index in [1.54, 1.807) is 18.2 Å². The average Bonchev–Trinajstić information content (AvgIpc) is 3.21. The quantitative estimate of drug-likeness (QED) is 0.477. The molecule has 1 aliphatic heterocycles. The smallest absolute Gasteiger partial charge is 0.337 e. The minimum absolute atomic E-state index is 0.00901. The number of allylic oxidation sites excluding steroid dienone is 1. The number of Topliss-reactive ketones (excluding diaryl/α,β-unsaturated/α-hetero) is 1. The van der Waals surface area contributed by atoms with Gasteiger partial charge in [0.15, 0.2) is 11.6 Å². The van der Waals surface area contributed by atoms with Crippen LogP contribution >= 0.6 is 0 Å². The van der Waals surface area contributed by atoms with Gasteiger partial charge < -0.3 is 19.3 Å². The van der Waals surface area contributed by atoms with Crippen molar-refractivity contribution in [3.8, 4) is 0 Å². The molecule has 1 aromatic rings. The highest BCUT2D eigenvalue weighted by Crippen LogP contribution is 2.58. The number of esters is 1. The van der Waals surface area contributed by atoms with Crippen LogP contribution in [0, 0.1) is 11.8 Å². The largest absolute Gasteiger partial charge is 0.515 e. The fraction of sp³-hybridized carbons (Fsp3) is 0.545. The van der Waals surface area contributed by atoms with Gasteiger partial charge in [0.2, 0.25) is 0 Å². The van der Waals surface area contributed by atoms with Gasteiger partial charge in [0.1, 0.15) is 0 Å². The first-order valence-electron chi connectivity index (χ1n) is 9.83. The first-order chi connectivity index (χ1) is 13.5. The number of aliphatic hydroxyl groups excluding tert-OH is 1. The minimum Gasteiger partial charge on any atom is -0.515 e. The zero-order valence-corrected chi connectivity index (χ0v) is 16.3. The van der Waals surface area contributed by atoms with Gasteiger partial charge in [-0.15, -0.1) is 0 Å². The summed E-state index contributed by atoms with van der Waals surface area (Å²) in [5.74, 6) is -1.14. The molecule has 1 N–H and O–H groups in total. The summed E-state index contributed by atoms with van der Waals surface area (Å²) in [7, 11) is 1.34. The van der Waals surface area contributed by atoms with Crippen LogP contribution in [0.15, 0.2) is 36.1 Å². The molecule has 1 heterocycles. The van der Waals surface area contributed by atoms with E-state index in [1.807, 2.05) is 6.07 Å². The van der Waals surface area contributed by atoms with E-state index in [1.165, 1.54) is 7.11 Å². The predicted octanol–water partition coefficient (Wildman–Crippen LogP) is 3.31. The Morgan fingerprint density at radius 3 is 2.71 bits per heavy atom. The summed E-state index contributed by atoms with van der Waals surface area (Å²) in [6, 6.07) is 7.14. The summed E-state index contributed by atoms with van der Waals surface area (Å²) in [6.45, 7) is 3.23. The normalized spacial score (nSPS) is 33.1. The molecule has 1 aromatic carbocycles. The van der Waals surface area contributed by atoms with Crippen molar-refractivity contribution >= 4 is 11.8 Å². The lowest BCUT2D eigenvalue weighted by Gasteiger charge is -2.55. The number of carbonyl (C=O) groups excluding carboxylic acids is 2. The fourth-order valence-electron chi connectivity index (χ4n) is 5.54. The van der Waals surface area contributed by atoms with Gasteiger partial charge >= 0.3 is 5.97 Å². The van der Waals surface area contributed by atoms with E-state index in [9.17, 15) is 14.7 Å². The Morgan fingerprint density at radius 1 is 1.29 bits per heavy atom. The molecular formula is C22H26O6. The molecule has 0 radical (unpaired) electrons. The molecule has 3 fully saturated rings. The molecule has 6 nitrogen and oxygen atoms in total. The molecule has 3 aliphatic rings. The van der Waals surface area contributed by atoms with E-state index in [2.05, 4.69) is 6.92 Å². The number of benzene rings is 1. The first kappa shape index (κ1) is 19.2. The van der Waals surface area contributed by atoms with Gasteiger partial charge in [0.25, 0.3) is 0 Å². The van der Waals surface area contributed by atoms with Crippen LogP contribution in [0.2, 0.25) is 0 Å². The van der Waals surface area contributed by atoms with Crippen molar-refractivity contribution in [3.63, 3.8) is 0 Å². The molecule has 3 atom stereocenters. The van der Waals surface area contributed by atoms with E-state index < -0.39 is 17.2 Å². The molecular weight excluding hydrogens is 360 g/mol. The second-order valence-corrected chi connectivity index (χ2v) is 7.97. The van der Waals surface area contributed by atoms with E-state index in [0.29, 0.717) is 43.6 Å². The van der Waals surface area contributed by atoms with E-state index in [4.69, 9.17) is 14.2 Å². The van der Waals surface area contributed by atoms with Crippen LogP contribution in [-0.2, 0) is 24.4 Å². The van der Waals surface area contributed by atoms with Crippen LogP contribution < -0.4 is 0 Å². The van der Waals surface area contributed by atoms with Gasteiger partial charge in [0.05, 0.1) is 37.6 Å². The Kier molecular flexibility index (Phi) is 4.79. The van der Waals surface area contributed by atoms with Crippen molar-refractivity contribution in [1.82, 2.24) is 0 Å². The molecule has 150 valence electrons. The van der Waals surface area contributed by atoms with Gasteiger partial charge in [-0.1, -0.05) is 19.1 Å². The Bertz CT molecular complexity index is 822. The number of methoxy groups -OCH3 is 1. The zero-order chi connectivity index (χ0) is 19.9. The lowest BCUT2D eigenvalue weighted by Crippen LogP contribution is -2.59. The number of hydrogen-bond donors (Lipinski definition) is 1. The molecule has 0 amide bonds. The number of ketones is 1. The third-order valence-electron chi connectivity index (χ3n) is 6.95. The van der Waals surface area contributed by atoms with Gasteiger partial charge in [-0.3, -0.25) is 4.79 Å². The van der Waals surface area contributed by atoms with Crippen molar-refractivity contribution in [2.75, 3.05) is 20.3 Å². The highest BCUT2D eigenvalue weighted by atomic mass is 16.7. The lowest BCUT2D eigenvalue weighted by molar-refractivity contribution is -0.234. The average molecular weight is 386 g/mol. The summed E-state index contributed by atoms with van der Waals surface area (Å²) in [5.41, 5.74) is 0.846. The van der Waals surface area contributed by atoms with Crippen molar-refractivity contribution in [2.45, 2.75) is 43.8 Å². The lowest BCUT2D eigenvalue weighted by atomic mass is 9.51. The predicted molar refractivity (Wildman–Crippen MR) is 101 cm³/mol. The molecule has 2 aliphatic carbocycles. The Labute approximate surface area is 164 Å². The fourth-order valence-corrected chi connectivity index (χ4v) is 5.54. The third kappa shape index (κ3) is 2.62. The number of aliphatic hydroxyl groups is 1. The SMILES string of the molecule is COC(=O)c1cccc([C@]23CCC4(OCCO4)[C@@H](C)[C@@H]2CCC(=CO)C3=O)c1. The number of fused-ring (bicyclic) bond motifs is 1. The molecule has 0 bridgehead atoms. The summed E-state index contributed by atoms with van der Waals surface area (Å²) in [5, 5.41) is 9.66. The van der Waals surface area contributed by atoms with Gasteiger partial charge in [-0.25, -0.2) is 4.79 Å². The molecule has 0 aromatic heterocycles. The molecule has 1 saturated heterocycles. The number of ether oxygens (including phenoxy) is 3. The maximum atomic E-state index is 13.6. The molecule has 28 heavy (non-hydrogen) atoms. The van der Waals surface area contributed by atoms with Crippen LogP contribution in [0.3, 0.4) is 0 Å². The van der Waals surface area contributed by atoms with Crippen LogP contribution in [0.5, 0.6) is 0 Å². The summed E-state index contributed by atoms with van der Waals surface area (Å²) in [6.07, 6.45) is 3.36. The van der Waals surface area contributed by atoms with E-state index in [0.717, 1.165) is 18.2 Å². The second-order valence-electron chi connectivity index (χ2n) is 7.97. The Morgan fingerprint density at radius 2 is 2.04 bits per heavy atom. The maximum Gasteiger partial charge on any atom is 0.337 e. The summed E-state index contributed by atoms with van der Waals surface area (Å²) >= 11 is 0. The van der Waals surface area contributed by atoms with Gasteiger partial charge in [0, 0.05) is 17.9 Å². The van der Waals surface area contributed by atoms with Gasteiger partial charge in [-0.2, -0.15) is 0 Å². The Hall–Kier alpha value is -2.18. The standard InChI is InChI=1S/C22H26O6/c1-14-18-7-6-16(13-23)19(24)21(18,8-9-22(14)27-10-11-28-22)17-5-3-4-15(12-17)20(25)26-2/h3-5,12-14,18,23H,6-11H2,1-2H3/t14-,18-,21+/m0/s1. The summed E-state index contributed by atoms with van der Waals surface area (Å²) < 4.78 is 16.9. The van der Waals surface area contributed by atoms with Crippen LogP contribution in [-0.4, -0.2) is 43.0 Å². The monoisotopic (exact) mass is 386 g/mol. The number of carbonyl (C=O) groups is 2. The van der Waals surface area contributed by atoms with Crippen LogP contribution in [0.1, 0.15) is 48.5 Å². The molecule has 6 heteroatoms. The molecule has 2 saturated carbocycles. The number of hydrogen-bond acceptors (Lipinski definition) is 6. The topological polar surface area (TPSA) is 82.1 Å². The summed E-state index contributed by atoms with van der Waals surface area (Å²) in [4.78, 5) is 25.7. The van der Waals surface area contributed by atoms with Crippen molar-refractivity contribution in [2.24, 2.45) is 11.8 Å². The van der Waals surface area contributed by atoms with Crippen molar-refractivity contribution < 1.29 is 28.9 Å².